The molecule has 45 heavy (non-hydrogen) atoms. The minimum absolute atomic E-state index is 0.0424. The zero-order valence-corrected chi connectivity index (χ0v) is 24.9. The zero-order valence-electron chi connectivity index (χ0n) is 24.9. The molecular formula is C32H38F4N4O5. The molecule has 1 atom stereocenters. The topological polar surface area (TPSA) is 143 Å². The van der Waals surface area contributed by atoms with E-state index in [0.29, 0.717) is 18.4 Å². The van der Waals surface area contributed by atoms with E-state index in [0.717, 1.165) is 42.6 Å². The van der Waals surface area contributed by atoms with E-state index in [4.69, 9.17) is 20.4 Å². The molecule has 0 heterocycles. The number of halogens is 4. The van der Waals surface area contributed by atoms with Gasteiger partial charge in [0, 0.05) is 19.4 Å². The Bertz CT molecular complexity index is 1360. The maximum absolute atomic E-state index is 13.7. The first kappa shape index (κ1) is 33.7. The maximum Gasteiger partial charge on any atom is 0.490 e. The lowest BCUT2D eigenvalue weighted by atomic mass is 9.49. The van der Waals surface area contributed by atoms with Crippen LogP contribution in [0.25, 0.3) is 0 Å². The summed E-state index contributed by atoms with van der Waals surface area (Å²) in [6.07, 6.45) is 3.09. The second-order valence-corrected chi connectivity index (χ2v) is 12.4. The molecule has 0 aromatic heterocycles. The van der Waals surface area contributed by atoms with Crippen molar-refractivity contribution in [3.63, 3.8) is 0 Å². The Labute approximate surface area is 258 Å². The van der Waals surface area contributed by atoms with E-state index >= 15 is 0 Å². The number of carbonyl (C=O) groups excluding carboxylic acids is 2. The van der Waals surface area contributed by atoms with Crippen LogP contribution in [0.1, 0.15) is 56.1 Å². The molecule has 0 saturated heterocycles. The quantitative estimate of drug-likeness (QED) is 0.178. The molecule has 0 radical (unpaired) electrons. The number of alkyl halides is 3. The lowest BCUT2D eigenvalue weighted by molar-refractivity contribution is -0.192. The molecule has 2 aromatic rings. The number of aliphatic imine (C=N–C) groups is 1. The van der Waals surface area contributed by atoms with Gasteiger partial charge in [0.25, 0.3) is 0 Å². The van der Waals surface area contributed by atoms with Crippen molar-refractivity contribution < 1.29 is 41.8 Å². The molecule has 0 aliphatic heterocycles. The van der Waals surface area contributed by atoms with Crippen LogP contribution in [-0.2, 0) is 27.3 Å². The summed E-state index contributed by atoms with van der Waals surface area (Å²) in [4.78, 5) is 39.5. The Balaban J connectivity index is 0.000000591. The Morgan fingerprint density at radius 2 is 1.60 bits per heavy atom. The summed E-state index contributed by atoms with van der Waals surface area (Å²) in [6, 6.07) is 13.1. The lowest BCUT2D eigenvalue weighted by Crippen LogP contribution is -2.49. The number of nitrogens with one attached hydrogen (secondary N) is 2. The van der Waals surface area contributed by atoms with Gasteiger partial charge in [-0.2, -0.15) is 13.2 Å². The molecule has 6 rings (SSSR count). The van der Waals surface area contributed by atoms with E-state index in [-0.39, 0.29) is 35.5 Å². The molecule has 2 amide bonds. The number of methoxy groups -OCH3 is 1. The van der Waals surface area contributed by atoms with Gasteiger partial charge in [-0.25, -0.2) is 14.2 Å². The van der Waals surface area contributed by atoms with Gasteiger partial charge in [-0.15, -0.1) is 0 Å². The number of hydrogen-bond acceptors (Lipinski definition) is 5. The number of ether oxygens (including phenoxy) is 1. The summed E-state index contributed by atoms with van der Waals surface area (Å²) < 4.78 is 50.5. The van der Waals surface area contributed by atoms with Crippen LogP contribution in [0.5, 0.6) is 5.75 Å². The number of carbonyl (C=O) groups is 3. The van der Waals surface area contributed by atoms with Gasteiger partial charge in [-0.3, -0.25) is 14.9 Å². The van der Waals surface area contributed by atoms with Crippen LogP contribution in [0, 0.1) is 29.0 Å². The average Bonchev–Trinajstić information content (AvgIpc) is 2.95. The number of aliphatic carboxylic acids is 1. The van der Waals surface area contributed by atoms with Crippen LogP contribution in [0.2, 0.25) is 0 Å². The summed E-state index contributed by atoms with van der Waals surface area (Å²) in [5.74, 6) is -1.32. The number of benzene rings is 2. The number of guanidine groups is 1. The summed E-state index contributed by atoms with van der Waals surface area (Å²) in [6.45, 7) is 0.175. The summed E-state index contributed by atoms with van der Waals surface area (Å²) in [5, 5.41) is 12.8. The molecule has 5 N–H and O–H groups in total. The number of nitrogens with zero attached hydrogens (tertiary/aromatic N) is 1. The first-order valence-corrected chi connectivity index (χ1v) is 14.8. The van der Waals surface area contributed by atoms with Crippen LogP contribution in [-0.4, -0.2) is 48.2 Å². The van der Waals surface area contributed by atoms with Crippen LogP contribution in [0.4, 0.5) is 17.6 Å². The molecule has 4 saturated carbocycles. The standard InChI is InChI=1S/C30H37FN4O3.C2HF3O2/c1-38-26-13-20(7-8-24(26)31)18-33-28(37)25(12-19-5-3-2-4-6-19)34-29(32)35-27(36)17-30-14-21-9-22(15-30)11-23(10-21)16-30;3-2(4,5)1(6)7/h2-8,13,21-23,25H,9-12,14-18H2,1H3,(H,33,37)(H3,32,34,35,36);(H,6,7)/t21?,22?,23?,25-,30?;/m1./s1. The van der Waals surface area contributed by atoms with Gasteiger partial charge >= 0.3 is 12.1 Å². The van der Waals surface area contributed by atoms with Crippen LogP contribution >= 0.6 is 0 Å². The minimum Gasteiger partial charge on any atom is -0.494 e. The van der Waals surface area contributed by atoms with Gasteiger partial charge in [0.05, 0.1) is 7.11 Å². The fourth-order valence-electron chi connectivity index (χ4n) is 7.39. The Morgan fingerprint density at radius 3 is 2.13 bits per heavy atom. The second kappa shape index (κ2) is 14.3. The van der Waals surface area contributed by atoms with Crippen LogP contribution < -0.4 is 21.1 Å². The normalized spacial score (nSPS) is 24.2. The van der Waals surface area contributed by atoms with Gasteiger partial charge < -0.3 is 20.9 Å². The summed E-state index contributed by atoms with van der Waals surface area (Å²) >= 11 is 0. The predicted molar refractivity (Wildman–Crippen MR) is 157 cm³/mol. The van der Waals surface area contributed by atoms with Crippen molar-refractivity contribution in [3.05, 3.63) is 65.5 Å². The van der Waals surface area contributed by atoms with Crippen molar-refractivity contribution in [3.8, 4) is 5.75 Å². The molecule has 4 aliphatic rings. The number of carboxylic acid groups (broad SMARTS) is 1. The minimum atomic E-state index is -5.08. The lowest BCUT2D eigenvalue weighted by Gasteiger charge is -2.56. The molecule has 0 unspecified atom stereocenters. The van der Waals surface area contributed by atoms with Crippen molar-refractivity contribution in [2.24, 2.45) is 33.9 Å². The van der Waals surface area contributed by atoms with E-state index in [2.05, 4.69) is 15.6 Å². The maximum atomic E-state index is 13.7. The van der Waals surface area contributed by atoms with Crippen molar-refractivity contribution >= 4 is 23.7 Å². The molecule has 4 aliphatic carbocycles. The second-order valence-electron chi connectivity index (χ2n) is 12.4. The first-order chi connectivity index (χ1) is 21.2. The van der Waals surface area contributed by atoms with E-state index in [1.807, 2.05) is 30.3 Å². The predicted octanol–water partition coefficient (Wildman–Crippen LogP) is 4.73. The third-order valence-electron chi connectivity index (χ3n) is 8.76. The van der Waals surface area contributed by atoms with Crippen molar-refractivity contribution in [2.75, 3.05) is 7.11 Å². The Kier molecular flexibility index (Phi) is 10.7. The fourth-order valence-corrected chi connectivity index (χ4v) is 7.39. The molecular weight excluding hydrogens is 596 g/mol. The Morgan fingerprint density at radius 1 is 1.02 bits per heavy atom. The molecule has 244 valence electrons. The highest BCUT2D eigenvalue weighted by atomic mass is 19.4. The zero-order chi connectivity index (χ0) is 32.8. The van der Waals surface area contributed by atoms with E-state index < -0.39 is 24.0 Å². The van der Waals surface area contributed by atoms with Crippen molar-refractivity contribution in [1.29, 1.82) is 0 Å². The van der Waals surface area contributed by atoms with Gasteiger partial charge in [-0.1, -0.05) is 36.4 Å². The highest BCUT2D eigenvalue weighted by molar-refractivity contribution is 5.97. The van der Waals surface area contributed by atoms with Gasteiger partial charge in [0.1, 0.15) is 6.04 Å². The van der Waals surface area contributed by atoms with Gasteiger partial charge in [0.15, 0.2) is 17.5 Å². The van der Waals surface area contributed by atoms with Crippen LogP contribution in [0.15, 0.2) is 53.5 Å². The third-order valence-corrected chi connectivity index (χ3v) is 8.76. The third kappa shape index (κ3) is 9.41. The number of nitrogens with two attached hydrogens (primary N) is 1. The highest BCUT2D eigenvalue weighted by Crippen LogP contribution is 2.61. The summed E-state index contributed by atoms with van der Waals surface area (Å²) in [5.41, 5.74) is 7.88. The van der Waals surface area contributed by atoms with Crippen molar-refractivity contribution in [2.45, 2.75) is 70.1 Å². The Hall–Kier alpha value is -4.16. The van der Waals surface area contributed by atoms with E-state index in [1.165, 1.54) is 32.4 Å². The molecule has 4 fully saturated rings. The first-order valence-electron chi connectivity index (χ1n) is 14.8. The molecule has 9 nitrogen and oxygen atoms in total. The van der Waals surface area contributed by atoms with E-state index in [1.54, 1.807) is 12.1 Å². The number of hydrogen-bond donors (Lipinski definition) is 4. The number of carboxylic acids is 1. The van der Waals surface area contributed by atoms with Crippen LogP contribution in [0.3, 0.4) is 0 Å². The average molecular weight is 635 g/mol. The summed E-state index contributed by atoms with van der Waals surface area (Å²) in [7, 11) is 1.39. The molecule has 2 aromatic carbocycles. The number of rotatable bonds is 9. The van der Waals surface area contributed by atoms with E-state index in [9.17, 15) is 27.2 Å². The fraction of sp³-hybridized carbons (Fsp3) is 0.500. The molecule has 0 spiro atoms. The van der Waals surface area contributed by atoms with Crippen molar-refractivity contribution in [1.82, 2.24) is 10.6 Å². The smallest absolute Gasteiger partial charge is 0.490 e. The monoisotopic (exact) mass is 634 g/mol. The SMILES string of the molecule is COc1cc(CNC(=O)[C@@H](Cc2ccccc2)N=C(N)NC(=O)CC23CC4CC(CC(C4)C2)C3)ccc1F.O=C(O)C(F)(F)F. The van der Waals surface area contributed by atoms with Gasteiger partial charge in [0.2, 0.25) is 11.8 Å². The van der Waals surface area contributed by atoms with Gasteiger partial charge in [-0.05, 0) is 85.0 Å². The molecule has 13 heteroatoms. The largest absolute Gasteiger partial charge is 0.494 e. The molecule has 4 bridgehead atoms. The number of amides is 2. The highest BCUT2D eigenvalue weighted by Gasteiger charge is 2.51.